The highest BCUT2D eigenvalue weighted by molar-refractivity contribution is 5.93. The summed E-state index contributed by atoms with van der Waals surface area (Å²) in [5, 5.41) is 12.4. The second kappa shape index (κ2) is 7.61. The minimum Gasteiger partial charge on any atom is -0.495 e. The molecule has 0 radical (unpaired) electrons. The van der Waals surface area contributed by atoms with Gasteiger partial charge in [0.1, 0.15) is 5.75 Å². The summed E-state index contributed by atoms with van der Waals surface area (Å²) in [6.45, 7) is 4.49. The zero-order valence-corrected chi connectivity index (χ0v) is 13.6. The molecule has 1 aromatic rings. The second-order valence-corrected chi connectivity index (χ2v) is 6.04. The summed E-state index contributed by atoms with van der Waals surface area (Å²) in [7, 11) is 1.59. The third-order valence-corrected chi connectivity index (χ3v) is 4.36. The SMILES string of the molecule is COc1ccc(C)cc1NC(=O)CN1C(C)CCCC1CO. The van der Waals surface area contributed by atoms with Crippen molar-refractivity contribution in [3.63, 3.8) is 0 Å². The van der Waals surface area contributed by atoms with Crippen LogP contribution >= 0.6 is 0 Å². The fourth-order valence-electron chi connectivity index (χ4n) is 3.10. The van der Waals surface area contributed by atoms with Crippen molar-refractivity contribution in [3.8, 4) is 5.75 Å². The number of amides is 1. The maximum absolute atomic E-state index is 12.4. The van der Waals surface area contributed by atoms with Crippen LogP contribution in [0, 0.1) is 6.92 Å². The molecule has 2 N–H and O–H groups in total. The average Bonchev–Trinajstić information content (AvgIpc) is 2.49. The van der Waals surface area contributed by atoms with Crippen molar-refractivity contribution in [1.29, 1.82) is 0 Å². The standard InChI is InChI=1S/C17H26N2O3/c1-12-7-8-16(22-3)15(9-12)18-17(21)10-19-13(2)5-4-6-14(19)11-20/h7-9,13-14,20H,4-6,10-11H2,1-3H3,(H,18,21). The van der Waals surface area contributed by atoms with Crippen LogP contribution in [0.5, 0.6) is 5.75 Å². The lowest BCUT2D eigenvalue weighted by atomic mass is 9.97. The quantitative estimate of drug-likeness (QED) is 0.875. The van der Waals surface area contributed by atoms with E-state index in [0.29, 0.717) is 24.0 Å². The van der Waals surface area contributed by atoms with E-state index in [2.05, 4.69) is 17.1 Å². The second-order valence-electron chi connectivity index (χ2n) is 6.04. The molecule has 22 heavy (non-hydrogen) atoms. The molecule has 5 nitrogen and oxygen atoms in total. The molecule has 1 aromatic carbocycles. The number of piperidine rings is 1. The smallest absolute Gasteiger partial charge is 0.238 e. The molecule has 5 heteroatoms. The number of carbonyl (C=O) groups excluding carboxylic acids is 1. The van der Waals surface area contributed by atoms with Gasteiger partial charge in [0, 0.05) is 12.1 Å². The molecule has 1 heterocycles. The molecule has 1 amide bonds. The first kappa shape index (κ1) is 16.8. The fourth-order valence-corrected chi connectivity index (χ4v) is 3.10. The summed E-state index contributed by atoms with van der Waals surface area (Å²) in [5.74, 6) is 0.584. The molecule has 1 aliphatic heterocycles. The number of benzene rings is 1. The summed E-state index contributed by atoms with van der Waals surface area (Å²) < 4.78 is 5.29. The van der Waals surface area contributed by atoms with Crippen LogP contribution in [0.1, 0.15) is 31.7 Å². The van der Waals surface area contributed by atoms with Crippen LogP contribution in [0.2, 0.25) is 0 Å². The van der Waals surface area contributed by atoms with Gasteiger partial charge in [-0.15, -0.1) is 0 Å². The van der Waals surface area contributed by atoms with E-state index in [1.165, 1.54) is 0 Å². The van der Waals surface area contributed by atoms with Crippen LogP contribution in [0.4, 0.5) is 5.69 Å². The van der Waals surface area contributed by atoms with Crippen molar-refractivity contribution in [2.75, 3.05) is 25.6 Å². The molecule has 0 aromatic heterocycles. The Morgan fingerprint density at radius 3 is 2.91 bits per heavy atom. The maximum atomic E-state index is 12.4. The molecule has 2 unspecified atom stereocenters. The number of nitrogens with one attached hydrogen (secondary N) is 1. The molecule has 1 saturated heterocycles. The third-order valence-electron chi connectivity index (χ3n) is 4.36. The zero-order chi connectivity index (χ0) is 16.1. The Morgan fingerprint density at radius 1 is 1.45 bits per heavy atom. The lowest BCUT2D eigenvalue weighted by molar-refractivity contribution is -0.119. The van der Waals surface area contributed by atoms with E-state index in [0.717, 1.165) is 24.8 Å². The lowest BCUT2D eigenvalue weighted by Crippen LogP contribution is -2.50. The van der Waals surface area contributed by atoms with E-state index in [4.69, 9.17) is 4.74 Å². The first-order valence-corrected chi connectivity index (χ1v) is 7.86. The average molecular weight is 306 g/mol. The van der Waals surface area contributed by atoms with Crippen LogP contribution in [0.25, 0.3) is 0 Å². The van der Waals surface area contributed by atoms with Gasteiger partial charge in [-0.25, -0.2) is 0 Å². The number of hydrogen-bond donors (Lipinski definition) is 2. The van der Waals surface area contributed by atoms with E-state index < -0.39 is 0 Å². The van der Waals surface area contributed by atoms with E-state index in [-0.39, 0.29) is 18.6 Å². The molecule has 0 saturated carbocycles. The Kier molecular flexibility index (Phi) is 5.80. The van der Waals surface area contributed by atoms with Crippen LogP contribution in [0.3, 0.4) is 0 Å². The predicted octanol–water partition coefficient (Wildman–Crippen LogP) is 2.18. The van der Waals surface area contributed by atoms with Crippen molar-refractivity contribution in [2.24, 2.45) is 0 Å². The Morgan fingerprint density at radius 2 is 2.23 bits per heavy atom. The normalized spacial score (nSPS) is 22.4. The number of aryl methyl sites for hydroxylation is 1. The van der Waals surface area contributed by atoms with Gasteiger partial charge >= 0.3 is 0 Å². The van der Waals surface area contributed by atoms with Crippen molar-refractivity contribution < 1.29 is 14.6 Å². The number of hydrogen-bond acceptors (Lipinski definition) is 4. The van der Waals surface area contributed by atoms with Crippen LogP contribution in [-0.4, -0.2) is 48.3 Å². The number of aliphatic hydroxyl groups excluding tert-OH is 1. The first-order valence-electron chi connectivity index (χ1n) is 7.86. The van der Waals surface area contributed by atoms with Crippen molar-refractivity contribution in [2.45, 2.75) is 45.2 Å². The molecule has 0 aliphatic carbocycles. The van der Waals surface area contributed by atoms with Gasteiger partial charge in [-0.3, -0.25) is 9.69 Å². The molecule has 1 fully saturated rings. The van der Waals surface area contributed by atoms with E-state index in [9.17, 15) is 9.90 Å². The number of likely N-dealkylation sites (tertiary alicyclic amines) is 1. The lowest BCUT2D eigenvalue weighted by Gasteiger charge is -2.39. The Labute approximate surface area is 132 Å². The minimum absolute atomic E-state index is 0.0731. The molecule has 122 valence electrons. The van der Waals surface area contributed by atoms with Gasteiger partial charge in [-0.05, 0) is 44.4 Å². The van der Waals surface area contributed by atoms with E-state index in [1.54, 1.807) is 7.11 Å². The number of ether oxygens (including phenoxy) is 1. The number of carbonyl (C=O) groups is 1. The largest absolute Gasteiger partial charge is 0.495 e. The number of rotatable bonds is 5. The summed E-state index contributed by atoms with van der Waals surface area (Å²) in [6, 6.07) is 6.10. The van der Waals surface area contributed by atoms with Crippen LogP contribution < -0.4 is 10.1 Å². The van der Waals surface area contributed by atoms with E-state index in [1.807, 2.05) is 25.1 Å². The Hall–Kier alpha value is -1.59. The molecule has 0 spiro atoms. The highest BCUT2D eigenvalue weighted by Gasteiger charge is 2.28. The van der Waals surface area contributed by atoms with Crippen LogP contribution in [0.15, 0.2) is 18.2 Å². The van der Waals surface area contributed by atoms with Gasteiger partial charge in [0.15, 0.2) is 0 Å². The molecule has 2 rings (SSSR count). The molecular weight excluding hydrogens is 280 g/mol. The fraction of sp³-hybridized carbons (Fsp3) is 0.588. The maximum Gasteiger partial charge on any atom is 0.238 e. The van der Waals surface area contributed by atoms with Crippen molar-refractivity contribution >= 4 is 11.6 Å². The third kappa shape index (κ3) is 3.99. The zero-order valence-electron chi connectivity index (χ0n) is 13.6. The van der Waals surface area contributed by atoms with Gasteiger partial charge in [0.25, 0.3) is 0 Å². The number of aliphatic hydroxyl groups is 1. The van der Waals surface area contributed by atoms with Gasteiger partial charge in [0.05, 0.1) is 25.9 Å². The number of anilines is 1. The molecule has 2 atom stereocenters. The van der Waals surface area contributed by atoms with Gasteiger partial charge in [-0.1, -0.05) is 12.5 Å². The number of nitrogens with zero attached hydrogens (tertiary/aromatic N) is 1. The Bertz CT molecular complexity index is 519. The highest BCUT2D eigenvalue weighted by atomic mass is 16.5. The topological polar surface area (TPSA) is 61.8 Å². The predicted molar refractivity (Wildman–Crippen MR) is 87.3 cm³/mol. The van der Waals surface area contributed by atoms with Crippen LogP contribution in [-0.2, 0) is 4.79 Å². The summed E-state index contributed by atoms with van der Waals surface area (Å²) >= 11 is 0. The van der Waals surface area contributed by atoms with Gasteiger partial charge in [-0.2, -0.15) is 0 Å². The van der Waals surface area contributed by atoms with Crippen molar-refractivity contribution in [1.82, 2.24) is 4.90 Å². The minimum atomic E-state index is -0.0731. The summed E-state index contributed by atoms with van der Waals surface area (Å²) in [4.78, 5) is 14.5. The van der Waals surface area contributed by atoms with E-state index >= 15 is 0 Å². The first-order chi connectivity index (χ1) is 10.5. The molecule has 1 aliphatic rings. The van der Waals surface area contributed by atoms with Crippen molar-refractivity contribution in [3.05, 3.63) is 23.8 Å². The van der Waals surface area contributed by atoms with Gasteiger partial charge in [0.2, 0.25) is 5.91 Å². The monoisotopic (exact) mass is 306 g/mol. The highest BCUT2D eigenvalue weighted by Crippen LogP contribution is 2.26. The molecular formula is C17H26N2O3. The molecule has 0 bridgehead atoms. The summed E-state index contributed by atoms with van der Waals surface area (Å²) in [5.41, 5.74) is 1.76. The van der Waals surface area contributed by atoms with Gasteiger partial charge < -0.3 is 15.2 Å². The Balaban J connectivity index is 2.04. The summed E-state index contributed by atoms with van der Waals surface area (Å²) in [6.07, 6.45) is 3.12. The number of methoxy groups -OCH3 is 1.